The molecule has 4 nitrogen and oxygen atoms in total. The van der Waals surface area contributed by atoms with Crippen LogP contribution in [0, 0.1) is 0 Å². The van der Waals surface area contributed by atoms with E-state index in [4.69, 9.17) is 14.6 Å². The molecule has 0 aliphatic heterocycles. The maximum Gasteiger partial charge on any atom is 0.304 e. The Morgan fingerprint density at radius 2 is 1.79 bits per heavy atom. The Morgan fingerprint density at radius 3 is 2.21 bits per heavy atom. The van der Waals surface area contributed by atoms with Crippen LogP contribution >= 0.6 is 0 Å². The van der Waals surface area contributed by atoms with Gasteiger partial charge in [-0.3, -0.25) is 4.79 Å². The fourth-order valence-corrected chi connectivity index (χ4v) is 2.24. The van der Waals surface area contributed by atoms with E-state index in [9.17, 15) is 4.79 Å². The van der Waals surface area contributed by atoms with Gasteiger partial charge in [-0.1, -0.05) is 20.8 Å². The van der Waals surface area contributed by atoms with Crippen LogP contribution in [-0.2, 0) is 16.6 Å². The molecule has 0 radical (unpaired) electrons. The van der Waals surface area contributed by atoms with Crippen LogP contribution in [0.5, 0.6) is 11.5 Å². The molecule has 19 heavy (non-hydrogen) atoms. The first-order valence-corrected chi connectivity index (χ1v) is 6.32. The molecule has 0 unspecified atom stereocenters. The minimum absolute atomic E-state index is 0.0397. The third kappa shape index (κ3) is 3.40. The molecule has 0 saturated carbocycles. The Morgan fingerprint density at radius 1 is 1.21 bits per heavy atom. The fraction of sp³-hybridized carbons (Fsp3) is 0.533. The molecule has 1 aromatic rings. The summed E-state index contributed by atoms with van der Waals surface area (Å²) in [6.07, 6.45) is 0.872. The lowest BCUT2D eigenvalue weighted by Gasteiger charge is -2.26. The largest absolute Gasteiger partial charge is 0.496 e. The highest BCUT2D eigenvalue weighted by Crippen LogP contribution is 2.38. The predicted octanol–water partition coefficient (Wildman–Crippen LogP) is 3.02. The Labute approximate surface area is 114 Å². The standard InChI is InChI=1S/C15H22O4/c1-6-10-7-13(19-5)11(8-12(10)18-4)15(2,3)9-14(16)17/h7-8H,6,9H2,1-5H3,(H,16,17). The van der Waals surface area contributed by atoms with E-state index in [0.29, 0.717) is 5.75 Å². The van der Waals surface area contributed by atoms with Crippen LogP contribution in [0.15, 0.2) is 12.1 Å². The van der Waals surface area contributed by atoms with Crippen LogP contribution < -0.4 is 9.47 Å². The van der Waals surface area contributed by atoms with Gasteiger partial charge in [0.15, 0.2) is 0 Å². The lowest BCUT2D eigenvalue weighted by atomic mass is 9.80. The average Bonchev–Trinajstić information content (AvgIpc) is 2.35. The average molecular weight is 266 g/mol. The predicted molar refractivity (Wildman–Crippen MR) is 74.2 cm³/mol. The van der Waals surface area contributed by atoms with Crippen LogP contribution in [0.25, 0.3) is 0 Å². The van der Waals surface area contributed by atoms with Gasteiger partial charge in [-0.25, -0.2) is 0 Å². The summed E-state index contributed by atoms with van der Waals surface area (Å²) in [5.41, 5.74) is 1.39. The van der Waals surface area contributed by atoms with E-state index >= 15 is 0 Å². The van der Waals surface area contributed by atoms with E-state index in [-0.39, 0.29) is 6.42 Å². The minimum Gasteiger partial charge on any atom is -0.496 e. The molecule has 0 aromatic heterocycles. The van der Waals surface area contributed by atoms with Crippen LogP contribution in [-0.4, -0.2) is 25.3 Å². The summed E-state index contributed by atoms with van der Waals surface area (Å²) >= 11 is 0. The normalized spacial score (nSPS) is 11.2. The number of carboxylic acids is 1. The van der Waals surface area contributed by atoms with Crippen molar-refractivity contribution in [1.82, 2.24) is 0 Å². The first-order valence-electron chi connectivity index (χ1n) is 6.32. The quantitative estimate of drug-likeness (QED) is 0.860. The van der Waals surface area contributed by atoms with E-state index in [1.165, 1.54) is 0 Å². The second-order valence-electron chi connectivity index (χ2n) is 5.17. The lowest BCUT2D eigenvalue weighted by Crippen LogP contribution is -2.22. The van der Waals surface area contributed by atoms with Gasteiger partial charge in [0.05, 0.1) is 20.6 Å². The smallest absolute Gasteiger partial charge is 0.304 e. The van der Waals surface area contributed by atoms with Crippen molar-refractivity contribution in [3.05, 3.63) is 23.3 Å². The Kier molecular flexibility index (Phi) is 4.81. The molecule has 106 valence electrons. The lowest BCUT2D eigenvalue weighted by molar-refractivity contribution is -0.138. The number of hydrogen-bond acceptors (Lipinski definition) is 3. The fourth-order valence-electron chi connectivity index (χ4n) is 2.24. The molecule has 0 fully saturated rings. The van der Waals surface area contributed by atoms with E-state index in [1.54, 1.807) is 14.2 Å². The molecule has 4 heteroatoms. The van der Waals surface area contributed by atoms with E-state index in [0.717, 1.165) is 23.3 Å². The molecular formula is C15H22O4. The van der Waals surface area contributed by atoms with Gasteiger partial charge in [0.1, 0.15) is 11.5 Å². The number of benzene rings is 1. The monoisotopic (exact) mass is 266 g/mol. The van der Waals surface area contributed by atoms with Crippen molar-refractivity contribution in [1.29, 1.82) is 0 Å². The summed E-state index contributed by atoms with van der Waals surface area (Å²) in [7, 11) is 3.22. The zero-order valence-electron chi connectivity index (χ0n) is 12.2. The van der Waals surface area contributed by atoms with Gasteiger partial charge < -0.3 is 14.6 Å². The van der Waals surface area contributed by atoms with Gasteiger partial charge in [0.25, 0.3) is 0 Å². The highest BCUT2D eigenvalue weighted by molar-refractivity contribution is 5.69. The number of methoxy groups -OCH3 is 2. The number of ether oxygens (including phenoxy) is 2. The van der Waals surface area contributed by atoms with Gasteiger partial charge in [-0.2, -0.15) is 0 Å². The van der Waals surface area contributed by atoms with Gasteiger partial charge >= 0.3 is 5.97 Å². The van der Waals surface area contributed by atoms with Crippen molar-refractivity contribution >= 4 is 5.97 Å². The number of carbonyl (C=O) groups is 1. The van der Waals surface area contributed by atoms with Gasteiger partial charge in [-0.05, 0) is 24.1 Å². The second kappa shape index (κ2) is 5.95. The molecule has 0 spiro atoms. The maximum absolute atomic E-state index is 11.0. The summed E-state index contributed by atoms with van der Waals surface area (Å²) in [6.45, 7) is 5.83. The maximum atomic E-state index is 11.0. The highest BCUT2D eigenvalue weighted by atomic mass is 16.5. The van der Waals surface area contributed by atoms with Crippen LogP contribution in [0.3, 0.4) is 0 Å². The summed E-state index contributed by atoms with van der Waals surface area (Å²) in [5.74, 6) is 0.659. The summed E-state index contributed by atoms with van der Waals surface area (Å²) in [5, 5.41) is 9.03. The first-order chi connectivity index (χ1) is 8.85. The molecule has 0 aliphatic carbocycles. The molecule has 0 atom stereocenters. The third-order valence-electron chi connectivity index (χ3n) is 3.31. The molecule has 1 rings (SSSR count). The van der Waals surface area contributed by atoms with Gasteiger partial charge in [0, 0.05) is 11.0 Å². The Bertz CT molecular complexity index is 463. The summed E-state index contributed by atoms with van der Waals surface area (Å²) < 4.78 is 10.8. The molecule has 0 heterocycles. The SMILES string of the molecule is CCc1cc(OC)c(C(C)(C)CC(=O)O)cc1OC. The van der Waals surface area contributed by atoms with Crippen LogP contribution in [0.2, 0.25) is 0 Å². The number of carboxylic acid groups (broad SMARTS) is 1. The zero-order chi connectivity index (χ0) is 14.6. The summed E-state index contributed by atoms with van der Waals surface area (Å²) in [6, 6.07) is 3.82. The van der Waals surface area contributed by atoms with Crippen molar-refractivity contribution in [2.24, 2.45) is 0 Å². The highest BCUT2D eigenvalue weighted by Gasteiger charge is 2.28. The number of hydrogen-bond donors (Lipinski definition) is 1. The molecule has 1 aromatic carbocycles. The Hall–Kier alpha value is -1.71. The molecule has 0 amide bonds. The van der Waals surface area contributed by atoms with Crippen LogP contribution in [0.1, 0.15) is 38.3 Å². The van der Waals surface area contributed by atoms with Crippen molar-refractivity contribution < 1.29 is 19.4 Å². The first kappa shape index (κ1) is 15.3. The second-order valence-corrected chi connectivity index (χ2v) is 5.17. The molecular weight excluding hydrogens is 244 g/mol. The molecule has 0 bridgehead atoms. The number of rotatable bonds is 6. The van der Waals surface area contributed by atoms with Gasteiger partial charge in [-0.15, -0.1) is 0 Å². The van der Waals surface area contributed by atoms with Gasteiger partial charge in [0.2, 0.25) is 0 Å². The van der Waals surface area contributed by atoms with Crippen molar-refractivity contribution in [3.8, 4) is 11.5 Å². The van der Waals surface area contributed by atoms with E-state index < -0.39 is 11.4 Å². The third-order valence-corrected chi connectivity index (χ3v) is 3.31. The summed E-state index contributed by atoms with van der Waals surface area (Å²) in [4.78, 5) is 11.0. The Balaban J connectivity index is 3.36. The van der Waals surface area contributed by atoms with Crippen molar-refractivity contribution in [2.45, 2.75) is 39.0 Å². The number of aliphatic carboxylic acids is 1. The molecule has 0 aliphatic rings. The minimum atomic E-state index is -0.828. The van der Waals surface area contributed by atoms with E-state index in [1.807, 2.05) is 32.9 Å². The van der Waals surface area contributed by atoms with Crippen molar-refractivity contribution in [2.75, 3.05) is 14.2 Å². The van der Waals surface area contributed by atoms with Crippen molar-refractivity contribution in [3.63, 3.8) is 0 Å². The number of aryl methyl sites for hydroxylation is 1. The molecule has 1 N–H and O–H groups in total. The topological polar surface area (TPSA) is 55.8 Å². The van der Waals surface area contributed by atoms with Crippen LogP contribution in [0.4, 0.5) is 0 Å². The zero-order valence-corrected chi connectivity index (χ0v) is 12.2. The van der Waals surface area contributed by atoms with E-state index in [2.05, 4.69) is 0 Å². The molecule has 0 saturated heterocycles.